The Morgan fingerprint density at radius 1 is 0.635 bits per heavy atom. The fourth-order valence-corrected chi connectivity index (χ4v) is 6.96. The largest absolute Gasteiger partial charge is 0.456 e. The average molecular weight is 671 g/mol. The fourth-order valence-electron chi connectivity index (χ4n) is 6.96. The molecular weight excluding hydrogens is 637 g/mol. The van der Waals surface area contributed by atoms with Crippen molar-refractivity contribution in [2.24, 2.45) is 0 Å². The van der Waals surface area contributed by atoms with Crippen LogP contribution in [0.1, 0.15) is 22.7 Å². The average Bonchev–Trinajstić information content (AvgIpc) is 3.59. The smallest absolute Gasteiger partial charge is 0.160 e. The maximum atomic E-state index is 6.63. The Kier molecular flexibility index (Phi) is 7.79. The third-order valence-corrected chi connectivity index (χ3v) is 9.68. The SMILES string of the molecule is C=C/C=C\c1ccc2c(c1N)NC(c1cccc(-c3cc(-c4ccc(-c5ccc6oc7ccccc7c6c5)cc4)nc(-c4ccccc4)n3)c1)C=C2. The maximum absolute atomic E-state index is 6.63. The van der Waals surface area contributed by atoms with Crippen molar-refractivity contribution >= 4 is 45.5 Å². The molecule has 5 heteroatoms. The summed E-state index contributed by atoms with van der Waals surface area (Å²) < 4.78 is 6.06. The van der Waals surface area contributed by atoms with Crippen molar-refractivity contribution in [1.82, 2.24) is 9.97 Å². The van der Waals surface area contributed by atoms with Gasteiger partial charge in [0.25, 0.3) is 0 Å². The zero-order valence-electron chi connectivity index (χ0n) is 28.3. The maximum Gasteiger partial charge on any atom is 0.160 e. The van der Waals surface area contributed by atoms with E-state index >= 15 is 0 Å². The summed E-state index contributed by atoms with van der Waals surface area (Å²) in [7, 11) is 0. The number of nitrogens with two attached hydrogens (primary N) is 1. The van der Waals surface area contributed by atoms with Crippen molar-refractivity contribution in [2.75, 3.05) is 11.1 Å². The summed E-state index contributed by atoms with van der Waals surface area (Å²) in [6.07, 6.45) is 9.94. The number of anilines is 2. The standard InChI is InChI=1S/C47H34N4O/c1-2-3-10-32-21-22-33-23-25-40(49-46(33)45(32)48)36-13-9-14-37(27-36)42-29-41(50-47(51-42)34-11-5-4-6-12-34)31-19-17-30(18-20-31)35-24-26-44-39(28-35)38-15-7-8-16-43(38)52-44/h2-29,40,49H,1,48H2/b10-3-. The van der Waals surface area contributed by atoms with E-state index in [0.717, 1.165) is 89.2 Å². The first-order valence-corrected chi connectivity index (χ1v) is 17.3. The summed E-state index contributed by atoms with van der Waals surface area (Å²) in [6.45, 7) is 3.79. The van der Waals surface area contributed by atoms with E-state index in [1.165, 1.54) is 0 Å². The lowest BCUT2D eigenvalue weighted by molar-refractivity contribution is 0.669. The first-order chi connectivity index (χ1) is 25.6. The van der Waals surface area contributed by atoms with Gasteiger partial charge in [0.1, 0.15) is 11.2 Å². The number of nitrogens with zero attached hydrogens (tertiary/aromatic N) is 2. The first kappa shape index (κ1) is 31.0. The molecular formula is C47H34N4O. The summed E-state index contributed by atoms with van der Waals surface area (Å²) >= 11 is 0. The quantitative estimate of drug-likeness (QED) is 0.130. The molecule has 1 unspecified atom stereocenters. The molecule has 0 saturated carbocycles. The van der Waals surface area contributed by atoms with Gasteiger partial charge in [0.15, 0.2) is 5.82 Å². The first-order valence-electron chi connectivity index (χ1n) is 17.3. The number of nitrogens with one attached hydrogen (secondary N) is 1. The van der Waals surface area contributed by atoms with Gasteiger partial charge in [0.2, 0.25) is 0 Å². The van der Waals surface area contributed by atoms with Crippen molar-refractivity contribution in [2.45, 2.75) is 6.04 Å². The van der Waals surface area contributed by atoms with Crippen molar-refractivity contribution in [3.05, 3.63) is 181 Å². The lowest BCUT2D eigenvalue weighted by Crippen LogP contribution is -2.14. The highest BCUT2D eigenvalue weighted by molar-refractivity contribution is 6.06. The van der Waals surface area contributed by atoms with Crippen LogP contribution in [0.15, 0.2) is 169 Å². The van der Waals surface area contributed by atoms with Gasteiger partial charge >= 0.3 is 0 Å². The van der Waals surface area contributed by atoms with Crippen LogP contribution in [0.25, 0.3) is 79.1 Å². The van der Waals surface area contributed by atoms with Crippen molar-refractivity contribution < 1.29 is 4.42 Å². The zero-order valence-corrected chi connectivity index (χ0v) is 28.3. The van der Waals surface area contributed by atoms with E-state index in [1.807, 2.05) is 54.6 Å². The lowest BCUT2D eigenvalue weighted by atomic mass is 9.95. The summed E-state index contributed by atoms with van der Waals surface area (Å²) in [5.41, 5.74) is 20.1. The topological polar surface area (TPSA) is 77.0 Å². The van der Waals surface area contributed by atoms with Gasteiger partial charge in [0.05, 0.1) is 28.8 Å². The number of hydrogen-bond acceptors (Lipinski definition) is 5. The third kappa shape index (κ3) is 5.74. The summed E-state index contributed by atoms with van der Waals surface area (Å²) in [4.78, 5) is 10.2. The molecule has 0 saturated heterocycles. The molecule has 5 nitrogen and oxygen atoms in total. The van der Waals surface area contributed by atoms with Crippen LogP contribution in [-0.2, 0) is 0 Å². The Balaban J connectivity index is 1.07. The molecule has 6 aromatic carbocycles. The van der Waals surface area contributed by atoms with E-state index < -0.39 is 0 Å². The number of furan rings is 1. The second kappa shape index (κ2) is 13.0. The number of para-hydroxylation sites is 1. The highest BCUT2D eigenvalue weighted by Crippen LogP contribution is 2.38. The molecule has 9 rings (SSSR count). The lowest BCUT2D eigenvalue weighted by Gasteiger charge is -2.25. The molecule has 0 bridgehead atoms. The normalized spacial score (nSPS) is 13.7. The molecule has 248 valence electrons. The van der Waals surface area contributed by atoms with E-state index in [0.29, 0.717) is 5.82 Å². The van der Waals surface area contributed by atoms with Gasteiger partial charge in [-0.25, -0.2) is 9.97 Å². The molecule has 3 N–H and O–H groups in total. The van der Waals surface area contributed by atoms with Gasteiger partial charge in [-0.1, -0.05) is 146 Å². The number of hydrogen-bond donors (Lipinski definition) is 2. The molecule has 3 heterocycles. The van der Waals surface area contributed by atoms with Crippen LogP contribution < -0.4 is 11.1 Å². The van der Waals surface area contributed by atoms with Crippen LogP contribution in [0.5, 0.6) is 0 Å². The van der Waals surface area contributed by atoms with Crippen LogP contribution in [-0.4, -0.2) is 9.97 Å². The molecule has 0 spiro atoms. The monoisotopic (exact) mass is 670 g/mol. The Bertz CT molecular complexity index is 2690. The van der Waals surface area contributed by atoms with Crippen LogP contribution in [0.3, 0.4) is 0 Å². The second-order valence-corrected chi connectivity index (χ2v) is 12.9. The highest BCUT2D eigenvalue weighted by atomic mass is 16.3. The predicted molar refractivity (Wildman–Crippen MR) is 217 cm³/mol. The van der Waals surface area contributed by atoms with Crippen molar-refractivity contribution in [1.29, 1.82) is 0 Å². The van der Waals surface area contributed by atoms with Gasteiger partial charge in [-0.05, 0) is 58.1 Å². The Hall–Kier alpha value is -6.98. The van der Waals surface area contributed by atoms with Crippen LogP contribution >= 0.6 is 0 Å². The minimum atomic E-state index is -0.0601. The van der Waals surface area contributed by atoms with E-state index in [4.69, 9.17) is 20.1 Å². The van der Waals surface area contributed by atoms with E-state index in [-0.39, 0.29) is 6.04 Å². The van der Waals surface area contributed by atoms with Gasteiger partial charge < -0.3 is 15.5 Å². The molecule has 52 heavy (non-hydrogen) atoms. The van der Waals surface area contributed by atoms with Gasteiger partial charge in [0, 0.05) is 27.5 Å². The Labute approximate surface area is 302 Å². The van der Waals surface area contributed by atoms with Crippen molar-refractivity contribution in [3.63, 3.8) is 0 Å². The molecule has 0 radical (unpaired) electrons. The molecule has 0 amide bonds. The van der Waals surface area contributed by atoms with Crippen molar-refractivity contribution in [3.8, 4) is 45.0 Å². The summed E-state index contributed by atoms with van der Waals surface area (Å²) in [6, 6.07) is 48.0. The molecule has 1 aliphatic rings. The predicted octanol–water partition coefficient (Wildman–Crippen LogP) is 12.0. The van der Waals surface area contributed by atoms with Gasteiger partial charge in [-0.3, -0.25) is 0 Å². The Morgan fingerprint density at radius 3 is 2.21 bits per heavy atom. The van der Waals surface area contributed by atoms with Crippen LogP contribution in [0.4, 0.5) is 11.4 Å². The number of aromatic nitrogens is 2. The summed E-state index contributed by atoms with van der Waals surface area (Å²) in [5.74, 6) is 0.678. The molecule has 0 aliphatic carbocycles. The molecule has 1 atom stereocenters. The number of fused-ring (bicyclic) bond motifs is 4. The highest BCUT2D eigenvalue weighted by Gasteiger charge is 2.19. The number of nitrogen functional groups attached to an aromatic ring is 1. The molecule has 8 aromatic rings. The minimum Gasteiger partial charge on any atom is -0.456 e. The number of allylic oxidation sites excluding steroid dienone is 2. The minimum absolute atomic E-state index is 0.0601. The number of rotatable bonds is 7. The van der Waals surface area contributed by atoms with Crippen LogP contribution in [0.2, 0.25) is 0 Å². The molecule has 2 aromatic heterocycles. The van der Waals surface area contributed by atoms with E-state index in [1.54, 1.807) is 6.08 Å². The second-order valence-electron chi connectivity index (χ2n) is 12.9. The van der Waals surface area contributed by atoms with Gasteiger partial charge in [-0.2, -0.15) is 0 Å². The van der Waals surface area contributed by atoms with E-state index in [9.17, 15) is 0 Å². The number of benzene rings is 6. The Morgan fingerprint density at radius 2 is 1.37 bits per heavy atom. The zero-order chi connectivity index (χ0) is 35.0. The third-order valence-electron chi connectivity index (χ3n) is 9.68. The van der Waals surface area contributed by atoms with E-state index in [2.05, 4.69) is 121 Å². The van der Waals surface area contributed by atoms with Gasteiger partial charge in [-0.15, -0.1) is 0 Å². The fraction of sp³-hybridized carbons (Fsp3) is 0.0213. The molecule has 0 fully saturated rings. The summed E-state index contributed by atoms with van der Waals surface area (Å²) in [5, 5.41) is 5.92. The van der Waals surface area contributed by atoms with Crippen LogP contribution in [0, 0.1) is 0 Å². The molecule has 1 aliphatic heterocycles.